The fraction of sp³-hybridized carbons (Fsp3) is 0.200. The van der Waals surface area contributed by atoms with Crippen LogP contribution >= 0.6 is 0 Å². The smallest absolute Gasteiger partial charge is 0.243 e. The molecule has 3 heterocycles. The number of amides is 1. The van der Waals surface area contributed by atoms with E-state index < -0.39 is 0 Å². The van der Waals surface area contributed by atoms with Crippen LogP contribution in [-0.2, 0) is 17.9 Å². The Labute approximate surface area is 162 Å². The molecule has 0 aliphatic rings. The zero-order valence-electron chi connectivity index (χ0n) is 15.8. The van der Waals surface area contributed by atoms with Crippen LogP contribution in [0.2, 0.25) is 0 Å². The molecule has 8 heteroatoms. The van der Waals surface area contributed by atoms with Gasteiger partial charge in [0.15, 0.2) is 5.82 Å². The summed E-state index contributed by atoms with van der Waals surface area (Å²) in [7, 11) is 3.45. The topological polar surface area (TPSA) is 80.9 Å². The molecular formula is C20H21N7O. The summed E-state index contributed by atoms with van der Waals surface area (Å²) >= 11 is 0. The summed E-state index contributed by atoms with van der Waals surface area (Å²) in [5.41, 5.74) is 2.17. The van der Waals surface area contributed by atoms with E-state index in [4.69, 9.17) is 0 Å². The van der Waals surface area contributed by atoms with Crippen LogP contribution in [0.1, 0.15) is 5.56 Å². The third-order valence-electron chi connectivity index (χ3n) is 4.39. The molecule has 0 aliphatic heterocycles. The zero-order valence-corrected chi connectivity index (χ0v) is 15.8. The lowest BCUT2D eigenvalue weighted by Crippen LogP contribution is -2.26. The number of likely N-dealkylation sites (N-methyl/N-ethyl adjacent to an activating group) is 1. The van der Waals surface area contributed by atoms with Gasteiger partial charge in [0, 0.05) is 44.0 Å². The molecule has 0 saturated heterocycles. The van der Waals surface area contributed by atoms with Crippen molar-refractivity contribution in [1.29, 1.82) is 0 Å². The summed E-state index contributed by atoms with van der Waals surface area (Å²) in [6.07, 6.45) is 5.37. The van der Waals surface area contributed by atoms with Gasteiger partial charge in [-0.15, -0.1) is 0 Å². The third kappa shape index (κ3) is 3.85. The van der Waals surface area contributed by atoms with Crippen molar-refractivity contribution in [3.8, 4) is 0 Å². The highest BCUT2D eigenvalue weighted by Gasteiger charge is 2.09. The Hall–Kier alpha value is -3.68. The molecule has 0 radical (unpaired) electrons. The number of hydrogen-bond donors (Lipinski definition) is 1. The Kier molecular flexibility index (Phi) is 4.76. The Balaban J connectivity index is 1.52. The van der Waals surface area contributed by atoms with E-state index in [-0.39, 0.29) is 12.5 Å². The number of nitrogens with zero attached hydrogens (tertiary/aromatic N) is 6. The lowest BCUT2D eigenvalue weighted by molar-refractivity contribution is -0.129. The number of benzene rings is 1. The van der Waals surface area contributed by atoms with Gasteiger partial charge in [0.2, 0.25) is 5.91 Å². The van der Waals surface area contributed by atoms with Crippen molar-refractivity contribution in [3.05, 3.63) is 66.6 Å². The number of fused-ring (bicyclic) bond motifs is 1. The number of carbonyl (C=O) groups is 1. The highest BCUT2D eigenvalue weighted by molar-refractivity contribution is 5.81. The molecule has 0 saturated carbocycles. The Morgan fingerprint density at radius 1 is 1.11 bits per heavy atom. The summed E-state index contributed by atoms with van der Waals surface area (Å²) < 4.78 is 3.55. The molecule has 1 N–H and O–H groups in total. The van der Waals surface area contributed by atoms with Gasteiger partial charge >= 0.3 is 0 Å². The maximum Gasteiger partial charge on any atom is 0.243 e. The van der Waals surface area contributed by atoms with Crippen LogP contribution in [-0.4, -0.2) is 49.4 Å². The van der Waals surface area contributed by atoms with Crippen LogP contribution < -0.4 is 5.32 Å². The summed E-state index contributed by atoms with van der Waals surface area (Å²) in [4.78, 5) is 17.8. The van der Waals surface area contributed by atoms with Crippen LogP contribution in [0.15, 0.2) is 61.1 Å². The minimum atomic E-state index is -0.0148. The highest BCUT2D eigenvalue weighted by atomic mass is 16.2. The molecule has 8 nitrogen and oxygen atoms in total. The van der Waals surface area contributed by atoms with Crippen molar-refractivity contribution >= 4 is 28.4 Å². The van der Waals surface area contributed by atoms with Gasteiger partial charge in [-0.3, -0.25) is 14.2 Å². The molecule has 3 aromatic heterocycles. The van der Waals surface area contributed by atoms with Gasteiger partial charge in [0.25, 0.3) is 0 Å². The molecule has 1 aromatic carbocycles. The van der Waals surface area contributed by atoms with Gasteiger partial charge in [0.1, 0.15) is 12.4 Å². The fourth-order valence-corrected chi connectivity index (χ4v) is 2.85. The van der Waals surface area contributed by atoms with E-state index in [0.717, 1.165) is 10.9 Å². The number of pyridine rings is 1. The third-order valence-corrected chi connectivity index (χ3v) is 4.39. The van der Waals surface area contributed by atoms with E-state index in [1.54, 1.807) is 31.2 Å². The highest BCUT2D eigenvalue weighted by Crippen LogP contribution is 2.20. The number of aromatic nitrogens is 5. The van der Waals surface area contributed by atoms with E-state index in [1.807, 2.05) is 41.2 Å². The molecule has 142 valence electrons. The van der Waals surface area contributed by atoms with Gasteiger partial charge in [0.05, 0.1) is 18.3 Å². The standard InChI is InChI=1S/C20H21N7O/c1-25(2)20(28)14-26-9-8-18(24-26)23-19-10-17-16(11-21-19)12-22-27(17)13-15-6-4-3-5-7-15/h3-12H,13-14H2,1-2H3,(H,21,23,24). The number of anilines is 2. The molecule has 4 rings (SSSR count). The molecule has 0 bridgehead atoms. The van der Waals surface area contributed by atoms with Gasteiger partial charge in [-0.25, -0.2) is 4.98 Å². The van der Waals surface area contributed by atoms with E-state index in [0.29, 0.717) is 18.2 Å². The monoisotopic (exact) mass is 375 g/mol. The normalized spacial score (nSPS) is 10.9. The quantitative estimate of drug-likeness (QED) is 0.560. The van der Waals surface area contributed by atoms with Gasteiger partial charge < -0.3 is 10.2 Å². The van der Waals surface area contributed by atoms with Crippen molar-refractivity contribution < 1.29 is 4.79 Å². The average Bonchev–Trinajstić information content (AvgIpc) is 3.29. The predicted octanol–water partition coefficient (Wildman–Crippen LogP) is 2.51. The van der Waals surface area contributed by atoms with Crippen LogP contribution in [0, 0.1) is 0 Å². The van der Waals surface area contributed by atoms with Crippen LogP contribution in [0.5, 0.6) is 0 Å². The zero-order chi connectivity index (χ0) is 19.5. The number of rotatable bonds is 6. The fourth-order valence-electron chi connectivity index (χ4n) is 2.85. The second-order valence-corrected chi connectivity index (χ2v) is 6.73. The van der Waals surface area contributed by atoms with Crippen molar-refractivity contribution in [2.24, 2.45) is 0 Å². The van der Waals surface area contributed by atoms with E-state index in [9.17, 15) is 4.79 Å². The first-order valence-corrected chi connectivity index (χ1v) is 8.94. The summed E-state index contributed by atoms with van der Waals surface area (Å²) in [5, 5.41) is 13.0. The first-order valence-electron chi connectivity index (χ1n) is 8.94. The lowest BCUT2D eigenvalue weighted by Gasteiger charge is -2.09. The molecule has 0 atom stereocenters. The van der Waals surface area contributed by atoms with E-state index in [1.165, 1.54) is 10.5 Å². The predicted molar refractivity (Wildman–Crippen MR) is 107 cm³/mol. The second kappa shape index (κ2) is 7.51. The van der Waals surface area contributed by atoms with E-state index in [2.05, 4.69) is 32.6 Å². The van der Waals surface area contributed by atoms with Crippen LogP contribution in [0.3, 0.4) is 0 Å². The molecule has 0 aliphatic carbocycles. The second-order valence-electron chi connectivity index (χ2n) is 6.73. The van der Waals surface area contributed by atoms with Crippen molar-refractivity contribution in [2.45, 2.75) is 13.1 Å². The molecular weight excluding hydrogens is 354 g/mol. The summed E-state index contributed by atoms with van der Waals surface area (Å²) in [6, 6.07) is 14.0. The van der Waals surface area contributed by atoms with Crippen molar-refractivity contribution in [2.75, 3.05) is 19.4 Å². The Morgan fingerprint density at radius 3 is 2.71 bits per heavy atom. The van der Waals surface area contributed by atoms with Crippen molar-refractivity contribution in [3.63, 3.8) is 0 Å². The number of carbonyl (C=O) groups excluding carboxylic acids is 1. The maximum absolute atomic E-state index is 11.8. The first kappa shape index (κ1) is 17.7. The Bertz CT molecular complexity index is 1100. The minimum absolute atomic E-state index is 0.0148. The van der Waals surface area contributed by atoms with Gasteiger partial charge in [-0.2, -0.15) is 10.2 Å². The Morgan fingerprint density at radius 2 is 1.93 bits per heavy atom. The molecule has 0 spiro atoms. The SMILES string of the molecule is CN(C)C(=O)Cn1ccc(Nc2cc3c(cn2)cnn3Cc2ccccc2)n1. The molecule has 0 unspecified atom stereocenters. The molecule has 0 fully saturated rings. The van der Waals surface area contributed by atoms with Crippen LogP contribution in [0.4, 0.5) is 11.6 Å². The summed E-state index contributed by atoms with van der Waals surface area (Å²) in [6.45, 7) is 0.889. The van der Waals surface area contributed by atoms with Gasteiger partial charge in [-0.05, 0) is 5.56 Å². The number of nitrogens with one attached hydrogen (secondary N) is 1. The van der Waals surface area contributed by atoms with Crippen molar-refractivity contribution in [1.82, 2.24) is 29.4 Å². The molecule has 1 amide bonds. The summed E-state index contributed by atoms with van der Waals surface area (Å²) in [5.74, 6) is 1.29. The van der Waals surface area contributed by atoms with Crippen LogP contribution in [0.25, 0.3) is 10.9 Å². The number of hydrogen-bond acceptors (Lipinski definition) is 5. The minimum Gasteiger partial charge on any atom is -0.347 e. The first-order chi connectivity index (χ1) is 13.6. The largest absolute Gasteiger partial charge is 0.347 e. The van der Waals surface area contributed by atoms with E-state index >= 15 is 0 Å². The maximum atomic E-state index is 11.8. The van der Waals surface area contributed by atoms with Gasteiger partial charge in [-0.1, -0.05) is 30.3 Å². The molecule has 4 aromatic rings. The lowest BCUT2D eigenvalue weighted by atomic mass is 10.2. The molecule has 28 heavy (non-hydrogen) atoms. The average molecular weight is 375 g/mol.